The number of nitrogens with zero attached hydrogens (tertiary/aromatic N) is 4. The van der Waals surface area contributed by atoms with Crippen LogP contribution in [0.4, 0.5) is 11.6 Å². The Bertz CT molecular complexity index is 1200. The molecule has 2 heterocycles. The third-order valence-electron chi connectivity index (χ3n) is 4.52. The molecule has 4 rings (SSSR count). The molecule has 0 fully saturated rings. The molecule has 0 unspecified atom stereocenters. The first kappa shape index (κ1) is 19.4. The van der Waals surface area contributed by atoms with Crippen LogP contribution < -0.4 is 10.1 Å². The highest BCUT2D eigenvalue weighted by Crippen LogP contribution is 2.29. The van der Waals surface area contributed by atoms with Crippen molar-refractivity contribution in [2.45, 2.75) is 13.8 Å². The van der Waals surface area contributed by atoms with Crippen LogP contribution in [0.25, 0.3) is 11.0 Å². The predicted octanol–water partition coefficient (Wildman–Crippen LogP) is 4.38. The summed E-state index contributed by atoms with van der Waals surface area (Å²) >= 11 is 0. The van der Waals surface area contributed by atoms with E-state index in [1.165, 1.54) is 12.4 Å². The van der Waals surface area contributed by atoms with Gasteiger partial charge in [-0.25, -0.2) is 19.7 Å². The zero-order valence-electron chi connectivity index (χ0n) is 16.9. The molecule has 2 aromatic heterocycles. The maximum absolute atomic E-state index is 11.7. The molecule has 0 aliphatic rings. The third-order valence-corrected chi connectivity index (χ3v) is 4.52. The molecule has 0 atom stereocenters. The number of aromatic nitrogens is 4. The number of hydrogen-bond donors (Lipinski definition) is 1. The van der Waals surface area contributed by atoms with Crippen LogP contribution in [0.15, 0.2) is 55.1 Å². The number of aryl methyl sites for hydroxylation is 2. The largest absolute Gasteiger partial charge is 0.462 e. The molecule has 0 aliphatic heterocycles. The molecule has 0 aliphatic carbocycles. The Morgan fingerprint density at radius 1 is 1.10 bits per heavy atom. The fourth-order valence-corrected chi connectivity index (χ4v) is 2.99. The van der Waals surface area contributed by atoms with Gasteiger partial charge in [-0.3, -0.25) is 0 Å². The van der Waals surface area contributed by atoms with Crippen LogP contribution >= 0.6 is 0 Å². The lowest BCUT2D eigenvalue weighted by Crippen LogP contribution is -2.07. The molecule has 0 radical (unpaired) electrons. The summed E-state index contributed by atoms with van der Waals surface area (Å²) in [6.07, 6.45) is 4.65. The number of carbonyl (C=O) groups excluding carboxylic acids is 1. The van der Waals surface area contributed by atoms with Crippen LogP contribution in [0.5, 0.6) is 11.5 Å². The van der Waals surface area contributed by atoms with Gasteiger partial charge in [0, 0.05) is 31.2 Å². The van der Waals surface area contributed by atoms with E-state index in [-0.39, 0.29) is 0 Å². The van der Waals surface area contributed by atoms with E-state index in [9.17, 15) is 4.79 Å². The molecule has 1 N–H and O–H groups in total. The topological polar surface area (TPSA) is 91.2 Å². The lowest BCUT2D eigenvalue weighted by molar-refractivity contribution is 0.0525. The van der Waals surface area contributed by atoms with Gasteiger partial charge in [0.05, 0.1) is 29.5 Å². The Balaban J connectivity index is 1.46. The van der Waals surface area contributed by atoms with Crippen molar-refractivity contribution in [3.8, 4) is 11.5 Å². The van der Waals surface area contributed by atoms with E-state index in [1.54, 1.807) is 13.3 Å². The average molecular weight is 403 g/mol. The number of benzene rings is 2. The van der Waals surface area contributed by atoms with Crippen LogP contribution in [-0.2, 0) is 11.8 Å². The normalized spacial score (nSPS) is 10.8. The molecule has 8 nitrogen and oxygen atoms in total. The maximum Gasteiger partial charge on any atom is 0.341 e. The minimum atomic E-state index is -0.440. The van der Waals surface area contributed by atoms with E-state index in [0.717, 1.165) is 33.8 Å². The Labute approximate surface area is 173 Å². The monoisotopic (exact) mass is 403 g/mol. The number of carbonyl (C=O) groups is 1. The second-order valence-corrected chi connectivity index (χ2v) is 6.73. The zero-order valence-corrected chi connectivity index (χ0v) is 16.9. The van der Waals surface area contributed by atoms with E-state index in [1.807, 2.05) is 54.9 Å². The van der Waals surface area contributed by atoms with Gasteiger partial charge in [0.2, 0.25) is 5.95 Å². The Hall–Kier alpha value is -3.94. The van der Waals surface area contributed by atoms with Crippen molar-refractivity contribution in [3.63, 3.8) is 0 Å². The summed E-state index contributed by atoms with van der Waals surface area (Å²) < 4.78 is 12.9. The highest BCUT2D eigenvalue weighted by Gasteiger charge is 2.09. The van der Waals surface area contributed by atoms with E-state index in [0.29, 0.717) is 18.1 Å². The Morgan fingerprint density at radius 3 is 2.63 bits per heavy atom. The van der Waals surface area contributed by atoms with Crippen molar-refractivity contribution in [1.29, 1.82) is 0 Å². The van der Waals surface area contributed by atoms with Crippen molar-refractivity contribution >= 4 is 28.6 Å². The minimum Gasteiger partial charge on any atom is -0.462 e. The van der Waals surface area contributed by atoms with Crippen molar-refractivity contribution < 1.29 is 14.3 Å². The highest BCUT2D eigenvalue weighted by atomic mass is 16.5. The molecular weight excluding hydrogens is 382 g/mol. The van der Waals surface area contributed by atoms with Crippen LogP contribution in [0.1, 0.15) is 22.8 Å². The van der Waals surface area contributed by atoms with Gasteiger partial charge in [0.25, 0.3) is 0 Å². The molecule has 0 saturated heterocycles. The minimum absolute atomic E-state index is 0.308. The van der Waals surface area contributed by atoms with Gasteiger partial charge >= 0.3 is 5.97 Å². The van der Waals surface area contributed by atoms with Gasteiger partial charge in [-0.05, 0) is 49.7 Å². The van der Waals surface area contributed by atoms with Gasteiger partial charge in [0.1, 0.15) is 11.5 Å². The van der Waals surface area contributed by atoms with Crippen LogP contribution in [0, 0.1) is 6.92 Å². The second-order valence-electron chi connectivity index (χ2n) is 6.73. The molecule has 8 heteroatoms. The van der Waals surface area contributed by atoms with Crippen LogP contribution in [-0.4, -0.2) is 32.1 Å². The standard InChI is InChI=1S/C22H21N5O3/c1-4-29-21(28)15-11-23-22(24-12-15)26-16-5-8-20(14(2)9-16)30-17-6-7-19-18(10-17)25-13-27(19)3/h5-13H,4H2,1-3H3,(H,23,24,26). The molecule has 2 aromatic carbocycles. The summed E-state index contributed by atoms with van der Waals surface area (Å²) in [6, 6.07) is 11.5. The molecule has 0 amide bonds. The molecule has 0 saturated carbocycles. The van der Waals surface area contributed by atoms with Crippen LogP contribution in [0.2, 0.25) is 0 Å². The number of rotatable bonds is 6. The quantitative estimate of drug-likeness (QED) is 0.478. The number of nitrogens with one attached hydrogen (secondary N) is 1. The SMILES string of the molecule is CCOC(=O)c1cnc(Nc2ccc(Oc3ccc4c(c3)ncn4C)c(C)c2)nc1. The molecule has 0 bridgehead atoms. The van der Waals surface area contributed by atoms with Gasteiger partial charge in [-0.1, -0.05) is 0 Å². The first-order valence-corrected chi connectivity index (χ1v) is 9.49. The lowest BCUT2D eigenvalue weighted by Gasteiger charge is -2.11. The summed E-state index contributed by atoms with van der Waals surface area (Å²) in [5.41, 5.74) is 4.00. The smallest absolute Gasteiger partial charge is 0.341 e. The first-order valence-electron chi connectivity index (χ1n) is 9.49. The molecule has 30 heavy (non-hydrogen) atoms. The Kier molecular flexibility index (Phi) is 5.30. The van der Waals surface area contributed by atoms with E-state index in [2.05, 4.69) is 20.3 Å². The van der Waals surface area contributed by atoms with Crippen molar-refractivity contribution in [1.82, 2.24) is 19.5 Å². The van der Waals surface area contributed by atoms with E-state index >= 15 is 0 Å². The predicted molar refractivity (Wildman–Crippen MR) is 113 cm³/mol. The summed E-state index contributed by atoms with van der Waals surface area (Å²) in [6.45, 7) is 4.02. The number of anilines is 2. The zero-order chi connectivity index (χ0) is 21.1. The number of ether oxygens (including phenoxy) is 2. The summed E-state index contributed by atoms with van der Waals surface area (Å²) in [7, 11) is 1.96. The van der Waals surface area contributed by atoms with Crippen molar-refractivity contribution in [2.24, 2.45) is 7.05 Å². The fraction of sp³-hybridized carbons (Fsp3) is 0.182. The molecule has 152 valence electrons. The Morgan fingerprint density at radius 2 is 1.90 bits per heavy atom. The summed E-state index contributed by atoms with van der Waals surface area (Å²) in [5, 5.41) is 3.12. The molecule has 4 aromatic rings. The average Bonchev–Trinajstić information content (AvgIpc) is 3.11. The van der Waals surface area contributed by atoms with Gasteiger partial charge in [-0.15, -0.1) is 0 Å². The molecule has 0 spiro atoms. The van der Waals surface area contributed by atoms with Crippen LogP contribution in [0.3, 0.4) is 0 Å². The number of hydrogen-bond acceptors (Lipinski definition) is 7. The van der Waals surface area contributed by atoms with Crippen molar-refractivity contribution in [3.05, 3.63) is 66.2 Å². The van der Waals surface area contributed by atoms with Gasteiger partial charge in [-0.2, -0.15) is 0 Å². The summed E-state index contributed by atoms with van der Waals surface area (Å²) in [5.74, 6) is 1.42. The fourth-order valence-electron chi connectivity index (χ4n) is 2.99. The van der Waals surface area contributed by atoms with Crippen molar-refractivity contribution in [2.75, 3.05) is 11.9 Å². The number of esters is 1. The van der Waals surface area contributed by atoms with E-state index < -0.39 is 5.97 Å². The lowest BCUT2D eigenvalue weighted by atomic mass is 10.2. The number of imidazole rings is 1. The van der Waals surface area contributed by atoms with Gasteiger partial charge < -0.3 is 19.4 Å². The number of fused-ring (bicyclic) bond motifs is 1. The van der Waals surface area contributed by atoms with Gasteiger partial charge in [0.15, 0.2) is 0 Å². The second kappa shape index (κ2) is 8.20. The maximum atomic E-state index is 11.7. The summed E-state index contributed by atoms with van der Waals surface area (Å²) in [4.78, 5) is 24.4. The highest BCUT2D eigenvalue weighted by molar-refractivity contribution is 5.88. The third kappa shape index (κ3) is 4.07. The molecular formula is C22H21N5O3. The first-order chi connectivity index (χ1) is 14.5. The van der Waals surface area contributed by atoms with E-state index in [4.69, 9.17) is 9.47 Å².